The van der Waals surface area contributed by atoms with Crippen molar-refractivity contribution < 1.29 is 8.42 Å². The molecule has 0 aromatic rings. The molecule has 0 rings (SSSR count). The standard InChI is InChI=1S/C12H28N2O2S2/c1-4-8-13-9-6-7-10-18(15,16)14-12(3)11-17-5-2/h12-14H,4-11H2,1-3H3. The normalized spacial score (nSPS) is 13.7. The lowest BCUT2D eigenvalue weighted by Gasteiger charge is -2.13. The Hall–Kier alpha value is 0.220. The van der Waals surface area contributed by atoms with Crippen LogP contribution in [-0.4, -0.2) is 44.8 Å². The van der Waals surface area contributed by atoms with Crippen molar-refractivity contribution in [3.05, 3.63) is 0 Å². The zero-order valence-corrected chi connectivity index (χ0v) is 13.5. The van der Waals surface area contributed by atoms with Crippen molar-refractivity contribution >= 4 is 21.8 Å². The van der Waals surface area contributed by atoms with E-state index in [0.717, 1.165) is 43.9 Å². The van der Waals surface area contributed by atoms with Gasteiger partial charge in [0.2, 0.25) is 10.0 Å². The molecule has 0 aromatic carbocycles. The van der Waals surface area contributed by atoms with E-state index >= 15 is 0 Å². The monoisotopic (exact) mass is 296 g/mol. The lowest BCUT2D eigenvalue weighted by Crippen LogP contribution is -2.36. The van der Waals surface area contributed by atoms with Crippen LogP contribution in [0.2, 0.25) is 0 Å². The molecule has 0 saturated carbocycles. The summed E-state index contributed by atoms with van der Waals surface area (Å²) in [6.07, 6.45) is 2.76. The molecule has 6 heteroatoms. The quantitative estimate of drug-likeness (QED) is 0.539. The Morgan fingerprint density at radius 1 is 1.17 bits per heavy atom. The number of sulfonamides is 1. The fourth-order valence-electron chi connectivity index (χ4n) is 1.54. The van der Waals surface area contributed by atoms with Gasteiger partial charge in [0.1, 0.15) is 0 Å². The third-order valence-electron chi connectivity index (χ3n) is 2.40. The molecule has 0 heterocycles. The largest absolute Gasteiger partial charge is 0.317 e. The van der Waals surface area contributed by atoms with Crippen LogP contribution in [-0.2, 0) is 10.0 Å². The van der Waals surface area contributed by atoms with Crippen LogP contribution < -0.4 is 10.0 Å². The maximum atomic E-state index is 11.8. The minimum absolute atomic E-state index is 0.0261. The van der Waals surface area contributed by atoms with Crippen LogP contribution in [0.1, 0.15) is 40.0 Å². The predicted octanol–water partition coefficient (Wildman–Crippen LogP) is 1.83. The van der Waals surface area contributed by atoms with Gasteiger partial charge in [-0.05, 0) is 45.0 Å². The predicted molar refractivity (Wildman–Crippen MR) is 81.8 cm³/mol. The first-order valence-electron chi connectivity index (χ1n) is 6.80. The molecule has 0 fully saturated rings. The van der Waals surface area contributed by atoms with Gasteiger partial charge in [-0.3, -0.25) is 0 Å². The third-order valence-corrected chi connectivity index (χ3v) is 5.13. The van der Waals surface area contributed by atoms with Gasteiger partial charge in [0.05, 0.1) is 5.75 Å². The van der Waals surface area contributed by atoms with Crippen LogP contribution in [0.3, 0.4) is 0 Å². The number of nitrogens with one attached hydrogen (secondary N) is 2. The fourth-order valence-corrected chi connectivity index (χ4v) is 3.71. The highest BCUT2D eigenvalue weighted by atomic mass is 32.2. The zero-order chi connectivity index (χ0) is 13.9. The van der Waals surface area contributed by atoms with E-state index in [9.17, 15) is 8.42 Å². The highest BCUT2D eigenvalue weighted by Crippen LogP contribution is 2.03. The number of unbranched alkanes of at least 4 members (excludes halogenated alkanes) is 1. The molecular weight excluding hydrogens is 268 g/mol. The number of hydrogen-bond donors (Lipinski definition) is 2. The summed E-state index contributed by atoms with van der Waals surface area (Å²) in [6, 6.07) is 0.0261. The average Bonchev–Trinajstić information content (AvgIpc) is 2.30. The van der Waals surface area contributed by atoms with Crippen LogP contribution in [0.4, 0.5) is 0 Å². The van der Waals surface area contributed by atoms with Gasteiger partial charge in [-0.1, -0.05) is 13.8 Å². The lowest BCUT2D eigenvalue weighted by atomic mass is 10.3. The molecule has 0 aliphatic heterocycles. The van der Waals surface area contributed by atoms with E-state index in [2.05, 4.69) is 23.9 Å². The van der Waals surface area contributed by atoms with E-state index < -0.39 is 10.0 Å². The van der Waals surface area contributed by atoms with Crippen molar-refractivity contribution in [2.75, 3.05) is 30.3 Å². The van der Waals surface area contributed by atoms with Gasteiger partial charge >= 0.3 is 0 Å². The topological polar surface area (TPSA) is 58.2 Å². The molecule has 0 aliphatic carbocycles. The highest BCUT2D eigenvalue weighted by Gasteiger charge is 2.13. The second kappa shape index (κ2) is 11.1. The Bertz CT molecular complexity index is 282. The van der Waals surface area contributed by atoms with Crippen LogP contribution in [0.25, 0.3) is 0 Å². The van der Waals surface area contributed by atoms with Crippen LogP contribution >= 0.6 is 11.8 Å². The Morgan fingerprint density at radius 2 is 1.89 bits per heavy atom. The summed E-state index contributed by atoms with van der Waals surface area (Å²) >= 11 is 1.76. The first-order valence-corrected chi connectivity index (χ1v) is 9.61. The lowest BCUT2D eigenvalue weighted by molar-refractivity contribution is 0.563. The summed E-state index contributed by atoms with van der Waals surface area (Å²) in [5.74, 6) is 2.10. The Kier molecular flexibility index (Phi) is 11.2. The minimum Gasteiger partial charge on any atom is -0.317 e. The summed E-state index contributed by atoms with van der Waals surface area (Å²) in [5.41, 5.74) is 0. The Balaban J connectivity index is 3.66. The molecule has 110 valence electrons. The smallest absolute Gasteiger partial charge is 0.211 e. The molecule has 4 nitrogen and oxygen atoms in total. The average molecular weight is 297 g/mol. The molecule has 1 unspecified atom stereocenters. The molecule has 0 amide bonds. The van der Waals surface area contributed by atoms with E-state index in [-0.39, 0.29) is 11.8 Å². The fraction of sp³-hybridized carbons (Fsp3) is 1.00. The van der Waals surface area contributed by atoms with E-state index in [1.165, 1.54) is 0 Å². The van der Waals surface area contributed by atoms with E-state index in [0.29, 0.717) is 0 Å². The molecule has 18 heavy (non-hydrogen) atoms. The molecule has 0 aliphatic rings. The van der Waals surface area contributed by atoms with Gasteiger partial charge in [0, 0.05) is 11.8 Å². The number of hydrogen-bond acceptors (Lipinski definition) is 4. The van der Waals surface area contributed by atoms with Crippen molar-refractivity contribution in [2.24, 2.45) is 0 Å². The highest BCUT2D eigenvalue weighted by molar-refractivity contribution is 7.99. The maximum absolute atomic E-state index is 11.8. The zero-order valence-electron chi connectivity index (χ0n) is 11.9. The van der Waals surface area contributed by atoms with E-state index in [1.807, 2.05) is 6.92 Å². The van der Waals surface area contributed by atoms with E-state index in [1.54, 1.807) is 11.8 Å². The second-order valence-corrected chi connectivity index (χ2v) is 7.65. The minimum atomic E-state index is -3.10. The number of thioether (sulfide) groups is 1. The van der Waals surface area contributed by atoms with Crippen molar-refractivity contribution in [1.29, 1.82) is 0 Å². The first kappa shape index (κ1) is 18.2. The molecule has 1 atom stereocenters. The van der Waals surface area contributed by atoms with Crippen LogP contribution in [0.15, 0.2) is 0 Å². The first-order chi connectivity index (χ1) is 8.52. The van der Waals surface area contributed by atoms with Gasteiger partial charge in [0.25, 0.3) is 0 Å². The third kappa shape index (κ3) is 11.3. The van der Waals surface area contributed by atoms with Gasteiger partial charge in [-0.15, -0.1) is 0 Å². The Morgan fingerprint density at radius 3 is 2.50 bits per heavy atom. The van der Waals surface area contributed by atoms with Gasteiger partial charge in [-0.2, -0.15) is 11.8 Å². The van der Waals surface area contributed by atoms with Crippen LogP contribution in [0.5, 0.6) is 0 Å². The molecule has 0 spiro atoms. The van der Waals surface area contributed by atoms with Crippen molar-refractivity contribution in [3.63, 3.8) is 0 Å². The molecule has 0 aromatic heterocycles. The van der Waals surface area contributed by atoms with Gasteiger partial charge < -0.3 is 5.32 Å². The van der Waals surface area contributed by atoms with Crippen molar-refractivity contribution in [2.45, 2.75) is 46.1 Å². The summed E-state index contributed by atoms with van der Waals surface area (Å²) in [5, 5.41) is 3.27. The summed E-state index contributed by atoms with van der Waals surface area (Å²) in [7, 11) is -3.10. The second-order valence-electron chi connectivity index (χ2n) is 4.45. The molecule has 2 N–H and O–H groups in total. The molecule has 0 saturated heterocycles. The van der Waals surface area contributed by atoms with E-state index in [4.69, 9.17) is 0 Å². The Labute approximate surface area is 117 Å². The molecular formula is C12H28N2O2S2. The molecule has 0 bridgehead atoms. The maximum Gasteiger partial charge on any atom is 0.211 e. The SMILES string of the molecule is CCCNCCCCS(=O)(=O)NC(C)CSCC. The van der Waals surface area contributed by atoms with Crippen LogP contribution in [0, 0.1) is 0 Å². The summed E-state index contributed by atoms with van der Waals surface area (Å²) in [6.45, 7) is 8.04. The van der Waals surface area contributed by atoms with Crippen molar-refractivity contribution in [1.82, 2.24) is 10.0 Å². The van der Waals surface area contributed by atoms with Gasteiger partial charge in [0.15, 0.2) is 0 Å². The van der Waals surface area contributed by atoms with Gasteiger partial charge in [-0.25, -0.2) is 13.1 Å². The summed E-state index contributed by atoms with van der Waals surface area (Å²) < 4.78 is 26.2. The van der Waals surface area contributed by atoms with Crippen molar-refractivity contribution in [3.8, 4) is 0 Å². The number of rotatable bonds is 12. The summed E-state index contributed by atoms with van der Waals surface area (Å²) in [4.78, 5) is 0. The molecule has 0 radical (unpaired) electrons.